The number of carbonyl (C=O) groups is 1. The van der Waals surface area contributed by atoms with Crippen molar-refractivity contribution in [1.29, 1.82) is 0 Å². The van der Waals surface area contributed by atoms with Gasteiger partial charge in [0.05, 0.1) is 16.6 Å². The first-order chi connectivity index (χ1) is 20.5. The Morgan fingerprint density at radius 2 is 2.02 bits per heavy atom. The summed E-state index contributed by atoms with van der Waals surface area (Å²) in [6, 6.07) is 11.7. The lowest BCUT2D eigenvalue weighted by molar-refractivity contribution is -0.132. The van der Waals surface area contributed by atoms with Gasteiger partial charge in [0.2, 0.25) is 5.91 Å². The number of thiophene rings is 1. The van der Waals surface area contributed by atoms with Crippen LogP contribution in [0, 0.1) is 5.82 Å². The molecule has 2 N–H and O–H groups in total. The number of carbonyl (C=O) groups excluding carboxylic acids is 1. The van der Waals surface area contributed by atoms with Crippen LogP contribution in [0.15, 0.2) is 55.0 Å². The van der Waals surface area contributed by atoms with Crippen LogP contribution in [0.2, 0.25) is 5.02 Å². The Labute approximate surface area is 250 Å². The average molecular weight is 604 g/mol. The zero-order valence-electron chi connectivity index (χ0n) is 22.6. The summed E-state index contributed by atoms with van der Waals surface area (Å²) in [5.74, 6) is 1.00. The lowest BCUT2D eigenvalue weighted by Gasteiger charge is -2.27. The van der Waals surface area contributed by atoms with Crippen LogP contribution in [0.3, 0.4) is 0 Å². The largest absolute Gasteiger partial charge is 0.487 e. The van der Waals surface area contributed by atoms with Gasteiger partial charge in [-0.2, -0.15) is 5.10 Å². The van der Waals surface area contributed by atoms with E-state index in [2.05, 4.69) is 25.7 Å². The van der Waals surface area contributed by atoms with Gasteiger partial charge in [-0.1, -0.05) is 23.7 Å². The third-order valence-corrected chi connectivity index (χ3v) is 9.09. The van der Waals surface area contributed by atoms with Gasteiger partial charge < -0.3 is 20.3 Å². The molecule has 0 bridgehead atoms. The van der Waals surface area contributed by atoms with Gasteiger partial charge in [0.1, 0.15) is 41.7 Å². The monoisotopic (exact) mass is 603 g/mol. The fourth-order valence-corrected chi connectivity index (χ4v) is 7.01. The van der Waals surface area contributed by atoms with Crippen LogP contribution in [0.1, 0.15) is 16.8 Å². The maximum absolute atomic E-state index is 13.5. The molecule has 0 unspecified atom stereocenters. The van der Waals surface area contributed by atoms with E-state index in [4.69, 9.17) is 16.3 Å². The first-order valence-corrected chi connectivity index (χ1v) is 15.0. The van der Waals surface area contributed by atoms with E-state index >= 15 is 0 Å². The number of benzene rings is 2. The van der Waals surface area contributed by atoms with Crippen molar-refractivity contribution < 1.29 is 13.9 Å². The van der Waals surface area contributed by atoms with Crippen molar-refractivity contribution in [2.24, 2.45) is 0 Å². The van der Waals surface area contributed by atoms with Gasteiger partial charge in [-0.15, -0.1) is 11.3 Å². The molecule has 2 aromatic carbocycles. The third-order valence-electron chi connectivity index (χ3n) is 7.62. The Morgan fingerprint density at radius 1 is 1.14 bits per heavy atom. The molecule has 1 aliphatic carbocycles. The van der Waals surface area contributed by atoms with Crippen LogP contribution in [0.5, 0.6) is 5.75 Å². The minimum atomic E-state index is -0.306. The molecule has 42 heavy (non-hydrogen) atoms. The number of hydrogen-bond donors (Lipinski definition) is 2. The number of ether oxygens (including phenoxy) is 1. The Kier molecular flexibility index (Phi) is 7.22. The quantitative estimate of drug-likeness (QED) is 0.264. The Bertz CT molecular complexity index is 1800. The predicted molar refractivity (Wildman–Crippen MR) is 161 cm³/mol. The topological polar surface area (TPSA) is 97.2 Å². The number of halogens is 2. The normalized spacial score (nSPS) is 14.5. The second-order valence-corrected chi connectivity index (χ2v) is 11.7. The molecule has 1 saturated heterocycles. The highest BCUT2D eigenvalue weighted by molar-refractivity contribution is 7.22. The zero-order chi connectivity index (χ0) is 28.6. The molecule has 0 spiro atoms. The molecule has 2 aliphatic rings. The number of amides is 1. The van der Waals surface area contributed by atoms with Crippen LogP contribution in [-0.4, -0.2) is 56.7 Å². The lowest BCUT2D eigenvalue weighted by Crippen LogP contribution is -2.47. The van der Waals surface area contributed by atoms with Gasteiger partial charge in [-0.25, -0.2) is 14.4 Å². The number of nitrogens with one attached hydrogen (secondary N) is 2. The molecule has 5 aromatic rings. The van der Waals surface area contributed by atoms with E-state index in [9.17, 15) is 9.18 Å². The van der Waals surface area contributed by atoms with E-state index in [0.29, 0.717) is 16.6 Å². The maximum atomic E-state index is 13.5. The highest BCUT2D eigenvalue weighted by atomic mass is 35.5. The molecule has 3 aromatic heterocycles. The second kappa shape index (κ2) is 11.3. The van der Waals surface area contributed by atoms with Gasteiger partial charge in [0, 0.05) is 48.0 Å². The number of aryl methyl sites for hydroxylation is 1. The summed E-state index contributed by atoms with van der Waals surface area (Å²) >= 11 is 8.16. The van der Waals surface area contributed by atoms with Gasteiger partial charge in [-0.05, 0) is 54.3 Å². The minimum Gasteiger partial charge on any atom is -0.487 e. The van der Waals surface area contributed by atoms with E-state index < -0.39 is 0 Å². The Balaban J connectivity index is 1.11. The summed E-state index contributed by atoms with van der Waals surface area (Å²) in [4.78, 5) is 25.9. The molecular formula is C30H27ClFN7O2S. The Morgan fingerprint density at radius 3 is 2.86 bits per heavy atom. The van der Waals surface area contributed by atoms with E-state index in [0.717, 1.165) is 76.6 Å². The maximum Gasteiger partial charge on any atom is 0.244 e. The lowest BCUT2D eigenvalue weighted by atomic mass is 9.95. The number of aromatic nitrogens is 4. The molecular weight excluding hydrogens is 577 g/mol. The molecule has 0 saturated carbocycles. The number of nitrogens with zero attached hydrogens (tertiary/aromatic N) is 5. The predicted octanol–water partition coefficient (Wildman–Crippen LogP) is 5.20. The van der Waals surface area contributed by atoms with E-state index in [1.165, 1.54) is 17.7 Å². The summed E-state index contributed by atoms with van der Waals surface area (Å²) < 4.78 is 21.2. The van der Waals surface area contributed by atoms with Crippen molar-refractivity contribution >= 4 is 50.6 Å². The van der Waals surface area contributed by atoms with Gasteiger partial charge in [0.25, 0.3) is 0 Å². The smallest absolute Gasteiger partial charge is 0.244 e. The van der Waals surface area contributed by atoms with Crippen molar-refractivity contribution in [3.05, 3.63) is 82.6 Å². The fourth-order valence-electron chi connectivity index (χ4n) is 5.55. The van der Waals surface area contributed by atoms with Crippen LogP contribution in [0.4, 0.5) is 15.9 Å². The van der Waals surface area contributed by atoms with Gasteiger partial charge in [-0.3, -0.25) is 9.48 Å². The van der Waals surface area contributed by atoms with Crippen molar-refractivity contribution in [3.63, 3.8) is 0 Å². The molecule has 12 heteroatoms. The molecule has 1 fully saturated rings. The van der Waals surface area contributed by atoms with Crippen LogP contribution < -0.4 is 15.4 Å². The number of rotatable bonds is 7. The minimum absolute atomic E-state index is 0.103. The van der Waals surface area contributed by atoms with Crippen molar-refractivity contribution in [1.82, 2.24) is 30.0 Å². The molecule has 4 heterocycles. The van der Waals surface area contributed by atoms with Crippen molar-refractivity contribution in [2.45, 2.75) is 26.0 Å². The highest BCUT2D eigenvalue weighted by Gasteiger charge is 2.28. The summed E-state index contributed by atoms with van der Waals surface area (Å²) in [7, 11) is 0. The van der Waals surface area contributed by atoms with Crippen LogP contribution in [0.25, 0.3) is 20.7 Å². The third kappa shape index (κ3) is 5.19. The van der Waals surface area contributed by atoms with Crippen molar-refractivity contribution in [3.8, 4) is 16.2 Å². The second-order valence-electron chi connectivity index (χ2n) is 10.3. The zero-order valence-corrected chi connectivity index (χ0v) is 24.1. The van der Waals surface area contributed by atoms with Gasteiger partial charge >= 0.3 is 0 Å². The molecule has 7 rings (SSSR count). The Hall–Kier alpha value is -4.06. The van der Waals surface area contributed by atoms with Crippen LogP contribution >= 0.6 is 22.9 Å². The summed E-state index contributed by atoms with van der Waals surface area (Å²) in [6.07, 6.45) is 5.00. The van der Waals surface area contributed by atoms with E-state index in [-0.39, 0.29) is 24.9 Å². The van der Waals surface area contributed by atoms with E-state index in [1.807, 2.05) is 21.8 Å². The average Bonchev–Trinajstić information content (AvgIpc) is 3.59. The first-order valence-electron chi connectivity index (χ1n) is 13.8. The SMILES string of the molecule is O=C(Cn1ncc2c1CCc1c-2sc2ncnc(Nc3ccc(OCc4cccc(F)c4)c(Cl)c3)c12)N1CCNCC1. The van der Waals surface area contributed by atoms with E-state index in [1.54, 1.807) is 41.9 Å². The molecule has 1 aliphatic heterocycles. The van der Waals surface area contributed by atoms with Crippen molar-refractivity contribution in [2.75, 3.05) is 31.5 Å². The summed E-state index contributed by atoms with van der Waals surface area (Å²) in [5.41, 5.74) is 4.80. The number of anilines is 2. The first kappa shape index (κ1) is 26.8. The highest BCUT2D eigenvalue weighted by Crippen LogP contribution is 2.45. The molecule has 214 valence electrons. The number of hydrogen-bond acceptors (Lipinski definition) is 8. The molecule has 1 amide bonds. The van der Waals surface area contributed by atoms with Crippen LogP contribution in [-0.2, 0) is 30.8 Å². The van der Waals surface area contributed by atoms with Gasteiger partial charge in [0.15, 0.2) is 0 Å². The molecule has 9 nitrogen and oxygen atoms in total. The number of fused-ring (bicyclic) bond motifs is 5. The summed E-state index contributed by atoms with van der Waals surface area (Å²) in [6.45, 7) is 3.57. The fraction of sp³-hybridized carbons (Fsp3) is 0.267. The molecule has 0 radical (unpaired) electrons. The standard InChI is InChI=1S/C30H27ClFN7O2S/c31-23-13-20(4-7-25(23)41-16-18-2-1-3-19(32)12-18)37-29-27-21-5-6-24-22(28(21)42-30(27)35-17-34-29)14-36-39(24)15-26(40)38-10-8-33-9-11-38/h1-4,7,12-14,17,33H,5-6,8-11,15-16H2,(H,34,35,37). The number of piperazine rings is 1. The summed E-state index contributed by atoms with van der Waals surface area (Å²) in [5, 5.41) is 12.7. The molecule has 0 atom stereocenters.